The summed E-state index contributed by atoms with van der Waals surface area (Å²) in [5, 5.41) is 13.8. The van der Waals surface area contributed by atoms with Crippen LogP contribution in [0.5, 0.6) is 0 Å². The van der Waals surface area contributed by atoms with Gasteiger partial charge in [0.15, 0.2) is 0 Å². The summed E-state index contributed by atoms with van der Waals surface area (Å²) in [6.07, 6.45) is 12.2. The molecule has 4 rings (SSSR count). The maximum absolute atomic E-state index is 10.0. The van der Waals surface area contributed by atoms with Crippen molar-refractivity contribution in [2.45, 2.75) is 69.4 Å². The highest BCUT2D eigenvalue weighted by Crippen LogP contribution is 2.42. The summed E-state index contributed by atoms with van der Waals surface area (Å²) >= 11 is 0. The van der Waals surface area contributed by atoms with Gasteiger partial charge >= 0.3 is 0 Å². The van der Waals surface area contributed by atoms with Gasteiger partial charge in [-0.2, -0.15) is 0 Å². The van der Waals surface area contributed by atoms with E-state index in [1.807, 2.05) is 0 Å². The Morgan fingerprint density at radius 1 is 1.00 bits per heavy atom. The molecule has 4 aliphatic rings. The second-order valence-corrected chi connectivity index (χ2v) is 8.32. The van der Waals surface area contributed by atoms with Crippen LogP contribution in [0.25, 0.3) is 0 Å². The lowest BCUT2D eigenvalue weighted by Crippen LogP contribution is -2.53. The molecule has 3 heteroatoms. The van der Waals surface area contributed by atoms with Gasteiger partial charge in [0.2, 0.25) is 0 Å². The van der Waals surface area contributed by atoms with E-state index in [-0.39, 0.29) is 5.54 Å². The predicted octanol–water partition coefficient (Wildman–Crippen LogP) is 2.39. The number of nitrogens with zero attached hydrogens (tertiary/aromatic N) is 1. The van der Waals surface area contributed by atoms with Crippen molar-refractivity contribution in [1.82, 2.24) is 10.2 Å². The predicted molar refractivity (Wildman–Crippen MR) is 85.2 cm³/mol. The standard InChI is InChI=1S/C18H32N2O/c21-13-18(19-17-6-7-17)9-2-5-16(18)8-10-20-11-14-3-1-4-15(14)12-20/h14-17,19,21H,1-13H2. The highest BCUT2D eigenvalue weighted by atomic mass is 16.3. The van der Waals surface area contributed by atoms with Gasteiger partial charge in [-0.05, 0) is 69.2 Å². The lowest BCUT2D eigenvalue weighted by Gasteiger charge is -2.36. The number of hydrogen-bond acceptors (Lipinski definition) is 3. The van der Waals surface area contributed by atoms with E-state index in [1.54, 1.807) is 0 Å². The van der Waals surface area contributed by atoms with Gasteiger partial charge in [0, 0.05) is 24.7 Å². The molecule has 1 aliphatic heterocycles. The van der Waals surface area contributed by atoms with Crippen LogP contribution in [-0.2, 0) is 0 Å². The third-order valence-corrected chi connectivity index (χ3v) is 6.90. The smallest absolute Gasteiger partial charge is 0.0616 e. The fourth-order valence-corrected chi connectivity index (χ4v) is 5.50. The Balaban J connectivity index is 1.31. The number of aliphatic hydroxyl groups is 1. The van der Waals surface area contributed by atoms with Crippen LogP contribution < -0.4 is 5.32 Å². The summed E-state index contributed by atoms with van der Waals surface area (Å²) in [7, 11) is 0. The van der Waals surface area contributed by atoms with Gasteiger partial charge in [0.25, 0.3) is 0 Å². The molecule has 0 bridgehead atoms. The van der Waals surface area contributed by atoms with Gasteiger partial charge in [0.05, 0.1) is 6.61 Å². The van der Waals surface area contributed by atoms with E-state index < -0.39 is 0 Å². The third kappa shape index (κ3) is 2.89. The second kappa shape index (κ2) is 5.82. The summed E-state index contributed by atoms with van der Waals surface area (Å²) in [5.74, 6) is 2.73. The van der Waals surface area contributed by atoms with Gasteiger partial charge in [-0.25, -0.2) is 0 Å². The first-order chi connectivity index (χ1) is 10.3. The normalized spacial score (nSPS) is 43.6. The number of nitrogens with one attached hydrogen (secondary N) is 1. The van der Waals surface area contributed by atoms with Crippen LogP contribution in [0, 0.1) is 17.8 Å². The number of likely N-dealkylation sites (tertiary alicyclic amines) is 1. The van der Waals surface area contributed by atoms with Crippen molar-refractivity contribution in [2.24, 2.45) is 17.8 Å². The Bertz CT molecular complexity index is 358. The first kappa shape index (κ1) is 14.5. The van der Waals surface area contributed by atoms with Crippen molar-refractivity contribution >= 4 is 0 Å². The Morgan fingerprint density at radius 3 is 2.43 bits per heavy atom. The average Bonchev–Trinajstić information content (AvgIpc) is 2.87. The molecule has 0 radical (unpaired) electrons. The Kier molecular flexibility index (Phi) is 4.01. The minimum atomic E-state index is 0.0662. The fraction of sp³-hybridized carbons (Fsp3) is 1.00. The zero-order chi connectivity index (χ0) is 14.3. The lowest BCUT2D eigenvalue weighted by molar-refractivity contribution is 0.110. The highest BCUT2D eigenvalue weighted by Gasteiger charge is 2.45. The van der Waals surface area contributed by atoms with Gasteiger partial charge in [-0.1, -0.05) is 12.8 Å². The minimum absolute atomic E-state index is 0.0662. The van der Waals surface area contributed by atoms with Gasteiger partial charge in [-0.3, -0.25) is 0 Å². The second-order valence-electron chi connectivity index (χ2n) is 8.32. The van der Waals surface area contributed by atoms with Crippen LogP contribution in [0.15, 0.2) is 0 Å². The number of aliphatic hydroxyl groups excluding tert-OH is 1. The quantitative estimate of drug-likeness (QED) is 0.789. The Morgan fingerprint density at radius 2 is 1.76 bits per heavy atom. The van der Waals surface area contributed by atoms with Crippen LogP contribution in [0.3, 0.4) is 0 Å². The fourth-order valence-electron chi connectivity index (χ4n) is 5.50. The topological polar surface area (TPSA) is 35.5 Å². The van der Waals surface area contributed by atoms with Crippen LogP contribution >= 0.6 is 0 Å². The minimum Gasteiger partial charge on any atom is -0.394 e. The maximum atomic E-state index is 10.0. The zero-order valence-electron chi connectivity index (χ0n) is 13.4. The van der Waals surface area contributed by atoms with Gasteiger partial charge in [-0.15, -0.1) is 0 Å². The molecule has 1 heterocycles. The molecule has 3 aliphatic carbocycles. The van der Waals surface area contributed by atoms with Crippen LogP contribution in [-0.4, -0.2) is 47.8 Å². The monoisotopic (exact) mass is 292 g/mol. The summed E-state index contributed by atoms with van der Waals surface area (Å²) in [6.45, 7) is 4.34. The van der Waals surface area contributed by atoms with Crippen molar-refractivity contribution in [1.29, 1.82) is 0 Å². The van der Waals surface area contributed by atoms with Crippen molar-refractivity contribution in [3.8, 4) is 0 Å². The van der Waals surface area contributed by atoms with Crippen molar-refractivity contribution in [3.63, 3.8) is 0 Å². The lowest BCUT2D eigenvalue weighted by atomic mass is 9.85. The van der Waals surface area contributed by atoms with Crippen molar-refractivity contribution in [3.05, 3.63) is 0 Å². The van der Waals surface area contributed by atoms with E-state index in [2.05, 4.69) is 10.2 Å². The summed E-state index contributed by atoms with van der Waals surface area (Å²) in [5.41, 5.74) is 0.0662. The summed E-state index contributed by atoms with van der Waals surface area (Å²) < 4.78 is 0. The van der Waals surface area contributed by atoms with Crippen molar-refractivity contribution < 1.29 is 5.11 Å². The molecule has 0 amide bonds. The number of rotatable bonds is 6. The third-order valence-electron chi connectivity index (χ3n) is 6.90. The molecule has 0 aromatic carbocycles. The van der Waals surface area contributed by atoms with E-state index in [1.165, 1.54) is 77.4 Å². The first-order valence-corrected chi connectivity index (χ1v) is 9.40. The van der Waals surface area contributed by atoms with E-state index in [4.69, 9.17) is 0 Å². The van der Waals surface area contributed by atoms with Crippen LogP contribution in [0.2, 0.25) is 0 Å². The molecule has 3 saturated carbocycles. The molecule has 2 N–H and O–H groups in total. The Labute approximate surface area is 129 Å². The maximum Gasteiger partial charge on any atom is 0.0616 e. The van der Waals surface area contributed by atoms with E-state index >= 15 is 0 Å². The molecule has 4 atom stereocenters. The highest BCUT2D eigenvalue weighted by molar-refractivity contribution is 5.03. The molecule has 4 unspecified atom stereocenters. The van der Waals surface area contributed by atoms with E-state index in [0.717, 1.165) is 11.8 Å². The van der Waals surface area contributed by atoms with E-state index in [0.29, 0.717) is 18.6 Å². The average molecular weight is 292 g/mol. The van der Waals surface area contributed by atoms with Gasteiger partial charge in [0.1, 0.15) is 0 Å². The molecule has 4 fully saturated rings. The van der Waals surface area contributed by atoms with Crippen LogP contribution in [0.1, 0.15) is 57.8 Å². The molecular formula is C18H32N2O. The molecule has 3 nitrogen and oxygen atoms in total. The Hall–Kier alpha value is -0.120. The molecule has 21 heavy (non-hydrogen) atoms. The first-order valence-electron chi connectivity index (χ1n) is 9.40. The van der Waals surface area contributed by atoms with Crippen LogP contribution in [0.4, 0.5) is 0 Å². The molecule has 0 spiro atoms. The number of hydrogen-bond donors (Lipinski definition) is 2. The zero-order valence-corrected chi connectivity index (χ0v) is 13.4. The largest absolute Gasteiger partial charge is 0.394 e. The molecular weight excluding hydrogens is 260 g/mol. The molecule has 120 valence electrons. The number of fused-ring (bicyclic) bond motifs is 1. The van der Waals surface area contributed by atoms with E-state index in [9.17, 15) is 5.11 Å². The summed E-state index contributed by atoms with van der Waals surface area (Å²) in [4.78, 5) is 2.73. The van der Waals surface area contributed by atoms with Crippen molar-refractivity contribution in [2.75, 3.05) is 26.2 Å². The molecule has 1 saturated heterocycles. The molecule has 0 aromatic heterocycles. The molecule has 0 aromatic rings. The SMILES string of the molecule is OCC1(NC2CC2)CCCC1CCN1CC2CCCC2C1. The summed E-state index contributed by atoms with van der Waals surface area (Å²) in [6, 6.07) is 0.712. The van der Waals surface area contributed by atoms with Gasteiger partial charge < -0.3 is 15.3 Å².